The zero-order valence-corrected chi connectivity index (χ0v) is 15.0. The third-order valence-corrected chi connectivity index (χ3v) is 5.24. The van der Waals surface area contributed by atoms with E-state index in [1.807, 2.05) is 24.3 Å². The monoisotopic (exact) mass is 353 g/mol. The molecule has 4 rings (SSSR count). The minimum Gasteiger partial charge on any atom is -0.351 e. The molecule has 2 aromatic heterocycles. The highest BCUT2D eigenvalue weighted by Gasteiger charge is 2.29. The first kappa shape index (κ1) is 16.0. The molecule has 1 saturated carbocycles. The minimum absolute atomic E-state index is 0.159. The Hall–Kier alpha value is -2.47. The van der Waals surface area contributed by atoms with Crippen LogP contribution >= 0.6 is 11.3 Å². The molecular formula is C19H19N3O2S. The zero-order valence-electron chi connectivity index (χ0n) is 14.2. The summed E-state index contributed by atoms with van der Waals surface area (Å²) in [4.78, 5) is 18.3. The van der Waals surface area contributed by atoms with Crippen LogP contribution in [0.25, 0.3) is 22.2 Å². The van der Waals surface area contributed by atoms with E-state index in [0.717, 1.165) is 28.2 Å². The highest BCUT2D eigenvalue weighted by Crippen LogP contribution is 2.30. The summed E-state index contributed by atoms with van der Waals surface area (Å²) in [5.41, 5.74) is 3.27. The molecule has 1 aromatic carbocycles. The Balaban J connectivity index is 1.49. The number of aryl methyl sites for hydroxylation is 2. The smallest absolute Gasteiger partial charge is 0.258 e. The molecule has 3 aromatic rings. The van der Waals surface area contributed by atoms with Gasteiger partial charge in [0.1, 0.15) is 0 Å². The number of thiophene rings is 1. The molecule has 128 valence electrons. The van der Waals surface area contributed by atoms with Crippen LogP contribution in [0.4, 0.5) is 0 Å². The van der Waals surface area contributed by atoms with E-state index >= 15 is 0 Å². The van der Waals surface area contributed by atoms with Crippen molar-refractivity contribution in [3.8, 4) is 22.2 Å². The van der Waals surface area contributed by atoms with Crippen LogP contribution in [0.2, 0.25) is 0 Å². The lowest BCUT2D eigenvalue weighted by Crippen LogP contribution is -2.23. The van der Waals surface area contributed by atoms with Gasteiger partial charge in [0.25, 0.3) is 5.89 Å². The molecule has 1 aliphatic rings. The molecule has 0 atom stereocenters. The van der Waals surface area contributed by atoms with Gasteiger partial charge in [0, 0.05) is 16.4 Å². The SMILES string of the molecule is Cc1cc(C)cc(-c2nc(-c3ccc(CNC(=O)C4CC4)s3)no2)c1. The van der Waals surface area contributed by atoms with E-state index < -0.39 is 0 Å². The van der Waals surface area contributed by atoms with Gasteiger partial charge in [0.15, 0.2) is 0 Å². The number of rotatable bonds is 5. The standard InChI is InChI=1S/C19H19N3O2S/c1-11-7-12(2)9-14(8-11)19-21-17(22-24-19)16-6-5-15(25-16)10-20-18(23)13-3-4-13/h5-9,13H,3-4,10H2,1-2H3,(H,20,23). The predicted octanol–water partition coefficient (Wildman–Crippen LogP) is 4.11. The Morgan fingerprint density at radius 3 is 2.72 bits per heavy atom. The van der Waals surface area contributed by atoms with Crippen molar-refractivity contribution in [1.82, 2.24) is 15.5 Å². The number of carbonyl (C=O) groups is 1. The summed E-state index contributed by atoms with van der Waals surface area (Å²) in [6.07, 6.45) is 2.04. The topological polar surface area (TPSA) is 68.0 Å². The summed E-state index contributed by atoms with van der Waals surface area (Å²) in [5.74, 6) is 1.50. The largest absolute Gasteiger partial charge is 0.351 e. The number of nitrogens with zero attached hydrogens (tertiary/aromatic N) is 2. The van der Waals surface area contributed by atoms with Crippen molar-refractivity contribution >= 4 is 17.2 Å². The maximum absolute atomic E-state index is 11.7. The number of benzene rings is 1. The lowest BCUT2D eigenvalue weighted by atomic mass is 10.1. The second kappa shape index (κ2) is 6.44. The number of hydrogen-bond donors (Lipinski definition) is 1. The molecule has 0 unspecified atom stereocenters. The van der Waals surface area contributed by atoms with E-state index in [-0.39, 0.29) is 11.8 Å². The number of carbonyl (C=O) groups excluding carboxylic acids is 1. The van der Waals surface area contributed by atoms with Crippen molar-refractivity contribution in [2.75, 3.05) is 0 Å². The van der Waals surface area contributed by atoms with Gasteiger partial charge in [0.2, 0.25) is 11.7 Å². The van der Waals surface area contributed by atoms with Gasteiger partial charge in [-0.2, -0.15) is 4.98 Å². The van der Waals surface area contributed by atoms with Crippen LogP contribution in [0.1, 0.15) is 28.8 Å². The average Bonchev–Trinajstić information content (AvgIpc) is 3.12. The molecule has 0 spiro atoms. The summed E-state index contributed by atoms with van der Waals surface area (Å²) in [5, 5.41) is 7.08. The molecule has 5 nitrogen and oxygen atoms in total. The molecule has 0 saturated heterocycles. The molecule has 1 aliphatic carbocycles. The maximum Gasteiger partial charge on any atom is 0.258 e. The molecular weight excluding hydrogens is 334 g/mol. The van der Waals surface area contributed by atoms with Crippen molar-refractivity contribution in [1.29, 1.82) is 0 Å². The van der Waals surface area contributed by atoms with Crippen molar-refractivity contribution in [2.24, 2.45) is 5.92 Å². The van der Waals surface area contributed by atoms with Gasteiger partial charge in [0.05, 0.1) is 11.4 Å². The third-order valence-electron chi connectivity index (χ3n) is 4.16. The van der Waals surface area contributed by atoms with Crippen LogP contribution in [0.15, 0.2) is 34.9 Å². The molecule has 2 heterocycles. The van der Waals surface area contributed by atoms with Gasteiger partial charge in [-0.25, -0.2) is 0 Å². The number of amides is 1. The first-order valence-electron chi connectivity index (χ1n) is 8.37. The molecule has 0 radical (unpaired) electrons. The number of hydrogen-bond acceptors (Lipinski definition) is 5. The van der Waals surface area contributed by atoms with Gasteiger partial charge in [-0.15, -0.1) is 11.3 Å². The number of nitrogens with one attached hydrogen (secondary N) is 1. The van der Waals surface area contributed by atoms with E-state index in [1.54, 1.807) is 11.3 Å². The molecule has 25 heavy (non-hydrogen) atoms. The fourth-order valence-electron chi connectivity index (χ4n) is 2.80. The fourth-order valence-corrected chi connectivity index (χ4v) is 3.67. The highest BCUT2D eigenvalue weighted by molar-refractivity contribution is 7.15. The zero-order chi connectivity index (χ0) is 17.4. The molecule has 0 bridgehead atoms. The van der Waals surface area contributed by atoms with Crippen LogP contribution < -0.4 is 5.32 Å². The average molecular weight is 353 g/mol. The van der Waals surface area contributed by atoms with Crippen LogP contribution in [0, 0.1) is 19.8 Å². The van der Waals surface area contributed by atoms with Gasteiger partial charge >= 0.3 is 0 Å². The van der Waals surface area contributed by atoms with E-state index in [9.17, 15) is 4.79 Å². The summed E-state index contributed by atoms with van der Waals surface area (Å²) >= 11 is 1.58. The van der Waals surface area contributed by atoms with Crippen molar-refractivity contribution < 1.29 is 9.32 Å². The van der Waals surface area contributed by atoms with E-state index in [2.05, 4.69) is 35.4 Å². The number of aromatic nitrogens is 2. The minimum atomic E-state index is 0.159. The molecule has 1 N–H and O–H groups in total. The molecule has 0 aliphatic heterocycles. The maximum atomic E-state index is 11.7. The van der Waals surface area contributed by atoms with Crippen molar-refractivity contribution in [3.63, 3.8) is 0 Å². The summed E-state index contributed by atoms with van der Waals surface area (Å²) in [6.45, 7) is 4.66. The Kier molecular flexibility index (Phi) is 4.13. The van der Waals surface area contributed by atoms with Gasteiger partial charge in [-0.3, -0.25) is 4.79 Å². The van der Waals surface area contributed by atoms with Gasteiger partial charge in [-0.05, 0) is 51.0 Å². The van der Waals surface area contributed by atoms with Crippen molar-refractivity contribution in [3.05, 3.63) is 46.3 Å². The van der Waals surface area contributed by atoms with E-state index in [0.29, 0.717) is 18.3 Å². The molecule has 6 heteroatoms. The van der Waals surface area contributed by atoms with Crippen molar-refractivity contribution in [2.45, 2.75) is 33.2 Å². The Morgan fingerprint density at radius 1 is 1.24 bits per heavy atom. The lowest BCUT2D eigenvalue weighted by molar-refractivity contribution is -0.122. The predicted molar refractivity (Wildman–Crippen MR) is 97.1 cm³/mol. The fraction of sp³-hybridized carbons (Fsp3) is 0.316. The summed E-state index contributed by atoms with van der Waals surface area (Å²) < 4.78 is 5.44. The highest BCUT2D eigenvalue weighted by atomic mass is 32.1. The van der Waals surface area contributed by atoms with Crippen LogP contribution in [-0.4, -0.2) is 16.0 Å². The Morgan fingerprint density at radius 2 is 2.00 bits per heavy atom. The Labute approximate surface area is 150 Å². The van der Waals surface area contributed by atoms with Crippen LogP contribution in [0.3, 0.4) is 0 Å². The Bertz CT molecular complexity index is 904. The third kappa shape index (κ3) is 3.64. The van der Waals surface area contributed by atoms with Crippen LogP contribution in [-0.2, 0) is 11.3 Å². The van der Waals surface area contributed by atoms with Gasteiger partial charge < -0.3 is 9.84 Å². The van der Waals surface area contributed by atoms with E-state index in [1.165, 1.54) is 11.1 Å². The second-order valence-corrected chi connectivity index (χ2v) is 7.73. The normalized spacial score (nSPS) is 13.8. The second-order valence-electron chi connectivity index (χ2n) is 6.56. The van der Waals surface area contributed by atoms with E-state index in [4.69, 9.17) is 4.52 Å². The lowest BCUT2D eigenvalue weighted by Gasteiger charge is -2.00. The summed E-state index contributed by atoms with van der Waals surface area (Å²) in [6, 6.07) is 10.2. The molecule has 1 amide bonds. The van der Waals surface area contributed by atoms with Crippen LogP contribution in [0.5, 0.6) is 0 Å². The molecule has 1 fully saturated rings. The quantitative estimate of drug-likeness (QED) is 0.749. The van der Waals surface area contributed by atoms with Gasteiger partial charge in [-0.1, -0.05) is 22.3 Å². The first-order chi connectivity index (χ1) is 12.1. The summed E-state index contributed by atoms with van der Waals surface area (Å²) in [7, 11) is 0. The first-order valence-corrected chi connectivity index (χ1v) is 9.19.